The Morgan fingerprint density at radius 1 is 1.28 bits per heavy atom. The van der Waals surface area contributed by atoms with Crippen LogP contribution in [-0.4, -0.2) is 30.3 Å². The molecule has 6 nitrogen and oxygen atoms in total. The molecule has 7 heteroatoms. The zero-order valence-corrected chi connectivity index (χ0v) is 15.9. The van der Waals surface area contributed by atoms with E-state index in [4.69, 9.17) is 9.15 Å². The molecule has 0 unspecified atom stereocenters. The number of aromatic hydroxyl groups is 1. The summed E-state index contributed by atoms with van der Waals surface area (Å²) in [6.45, 7) is 2.84. The van der Waals surface area contributed by atoms with E-state index in [1.54, 1.807) is 19.1 Å². The van der Waals surface area contributed by atoms with Crippen LogP contribution in [0.4, 0.5) is 10.1 Å². The number of aryl methyl sites for hydroxylation is 1. The molecular weight excluding hydrogens is 375 g/mol. The fourth-order valence-corrected chi connectivity index (χ4v) is 3.31. The molecule has 1 aliphatic heterocycles. The SMILES string of the molecule is Cc1cc(F)ccc1N=c1oc2cc(O)ccc2cc1C(=O)NC[C@@H]1CCCO1. The zero-order chi connectivity index (χ0) is 20.4. The molecule has 0 radical (unpaired) electrons. The van der Waals surface area contributed by atoms with Gasteiger partial charge in [0.15, 0.2) is 0 Å². The van der Waals surface area contributed by atoms with Gasteiger partial charge in [0, 0.05) is 24.6 Å². The van der Waals surface area contributed by atoms with Crippen LogP contribution >= 0.6 is 0 Å². The fourth-order valence-electron chi connectivity index (χ4n) is 3.31. The lowest BCUT2D eigenvalue weighted by molar-refractivity contribution is 0.0854. The smallest absolute Gasteiger partial charge is 0.256 e. The quantitative estimate of drug-likeness (QED) is 0.704. The van der Waals surface area contributed by atoms with Crippen molar-refractivity contribution >= 4 is 22.6 Å². The minimum Gasteiger partial charge on any atom is -0.508 e. The molecule has 29 heavy (non-hydrogen) atoms. The second-order valence-electron chi connectivity index (χ2n) is 7.08. The highest BCUT2D eigenvalue weighted by Crippen LogP contribution is 2.22. The van der Waals surface area contributed by atoms with Crippen LogP contribution < -0.4 is 10.9 Å². The number of benzene rings is 2. The number of halogens is 1. The summed E-state index contributed by atoms with van der Waals surface area (Å²) < 4.78 is 24.8. The maximum Gasteiger partial charge on any atom is 0.256 e. The Bertz CT molecular complexity index is 1130. The molecule has 2 heterocycles. The highest BCUT2D eigenvalue weighted by atomic mass is 19.1. The van der Waals surface area contributed by atoms with Crippen molar-refractivity contribution in [1.82, 2.24) is 5.32 Å². The summed E-state index contributed by atoms with van der Waals surface area (Å²) in [6, 6.07) is 10.5. The minimum atomic E-state index is -0.364. The molecule has 1 amide bonds. The van der Waals surface area contributed by atoms with Gasteiger partial charge in [-0.1, -0.05) is 0 Å². The molecule has 1 aliphatic rings. The van der Waals surface area contributed by atoms with Crippen LogP contribution in [0.25, 0.3) is 11.0 Å². The van der Waals surface area contributed by atoms with Gasteiger partial charge in [-0.2, -0.15) is 0 Å². The van der Waals surface area contributed by atoms with E-state index in [1.165, 1.54) is 30.3 Å². The number of carbonyl (C=O) groups is 1. The fraction of sp³-hybridized carbons (Fsp3) is 0.273. The highest BCUT2D eigenvalue weighted by molar-refractivity contribution is 5.96. The number of phenols is 1. The average Bonchev–Trinajstić information content (AvgIpc) is 3.21. The summed E-state index contributed by atoms with van der Waals surface area (Å²) in [5, 5.41) is 13.3. The third kappa shape index (κ3) is 4.30. The largest absolute Gasteiger partial charge is 0.508 e. The van der Waals surface area contributed by atoms with E-state index in [0.29, 0.717) is 35.4 Å². The monoisotopic (exact) mass is 396 g/mol. The Balaban J connectivity index is 1.78. The van der Waals surface area contributed by atoms with Crippen LogP contribution in [0, 0.1) is 12.7 Å². The van der Waals surface area contributed by atoms with Crippen LogP contribution in [0.3, 0.4) is 0 Å². The molecule has 0 aliphatic carbocycles. The van der Waals surface area contributed by atoms with Gasteiger partial charge in [-0.25, -0.2) is 9.38 Å². The summed E-state index contributed by atoms with van der Waals surface area (Å²) >= 11 is 0. The molecule has 0 saturated carbocycles. The van der Waals surface area contributed by atoms with Crippen molar-refractivity contribution in [2.24, 2.45) is 4.99 Å². The lowest BCUT2D eigenvalue weighted by Gasteiger charge is -2.11. The Morgan fingerprint density at radius 2 is 2.14 bits per heavy atom. The van der Waals surface area contributed by atoms with Crippen molar-refractivity contribution in [3.63, 3.8) is 0 Å². The molecule has 4 rings (SSSR count). The van der Waals surface area contributed by atoms with Crippen LogP contribution in [0.5, 0.6) is 5.75 Å². The van der Waals surface area contributed by atoms with Gasteiger partial charge >= 0.3 is 0 Å². The van der Waals surface area contributed by atoms with E-state index in [9.17, 15) is 14.3 Å². The number of phenolic OH excluding ortho intramolecular Hbond substituents is 1. The second-order valence-corrected chi connectivity index (χ2v) is 7.08. The zero-order valence-electron chi connectivity index (χ0n) is 15.9. The van der Waals surface area contributed by atoms with E-state index in [-0.39, 0.29) is 34.7 Å². The van der Waals surface area contributed by atoms with Gasteiger partial charge in [0.2, 0.25) is 5.55 Å². The number of nitrogens with one attached hydrogen (secondary N) is 1. The van der Waals surface area contributed by atoms with Crippen molar-refractivity contribution in [2.45, 2.75) is 25.9 Å². The number of carbonyl (C=O) groups excluding carboxylic acids is 1. The summed E-state index contributed by atoms with van der Waals surface area (Å²) in [5.41, 5.74) is 1.83. The van der Waals surface area contributed by atoms with Gasteiger partial charge in [-0.15, -0.1) is 0 Å². The molecular formula is C22H21FN2O4. The van der Waals surface area contributed by atoms with Crippen LogP contribution in [0.2, 0.25) is 0 Å². The van der Waals surface area contributed by atoms with Crippen LogP contribution in [-0.2, 0) is 4.74 Å². The Labute approximate surface area is 166 Å². The van der Waals surface area contributed by atoms with Gasteiger partial charge in [-0.3, -0.25) is 4.79 Å². The number of hydrogen-bond acceptors (Lipinski definition) is 5. The summed E-state index contributed by atoms with van der Waals surface area (Å²) in [7, 11) is 0. The van der Waals surface area contributed by atoms with Crippen molar-refractivity contribution in [2.75, 3.05) is 13.2 Å². The van der Waals surface area contributed by atoms with Gasteiger partial charge in [-0.05, 0) is 61.7 Å². The number of nitrogens with zero attached hydrogens (tertiary/aromatic N) is 1. The standard InChI is InChI=1S/C22H21FN2O4/c1-13-9-15(23)5-7-19(13)25-22-18(21(27)24-12-17-3-2-8-28-17)10-14-4-6-16(26)11-20(14)29-22/h4-7,9-11,17,26H,2-3,8,12H2,1H3,(H,24,27)/t17-/m0/s1. The van der Waals surface area contributed by atoms with Gasteiger partial charge in [0.25, 0.3) is 5.91 Å². The lowest BCUT2D eigenvalue weighted by Crippen LogP contribution is -2.34. The van der Waals surface area contributed by atoms with Crippen molar-refractivity contribution < 1.29 is 23.4 Å². The van der Waals surface area contributed by atoms with E-state index in [0.717, 1.165) is 12.8 Å². The molecule has 1 aromatic heterocycles. The molecule has 1 atom stereocenters. The topological polar surface area (TPSA) is 84.1 Å². The number of hydrogen-bond donors (Lipinski definition) is 2. The molecule has 150 valence electrons. The Hall–Kier alpha value is -3.19. The third-order valence-electron chi connectivity index (χ3n) is 4.87. The number of amides is 1. The van der Waals surface area contributed by atoms with E-state index in [2.05, 4.69) is 10.3 Å². The lowest BCUT2D eigenvalue weighted by atomic mass is 10.1. The van der Waals surface area contributed by atoms with Crippen LogP contribution in [0.15, 0.2) is 51.9 Å². The molecule has 3 aromatic rings. The Morgan fingerprint density at radius 3 is 2.90 bits per heavy atom. The predicted molar refractivity (Wildman–Crippen MR) is 106 cm³/mol. The molecule has 0 bridgehead atoms. The minimum absolute atomic E-state index is 0.00743. The second kappa shape index (κ2) is 8.05. The van der Waals surface area contributed by atoms with Gasteiger partial charge < -0.3 is 19.6 Å². The van der Waals surface area contributed by atoms with E-state index < -0.39 is 0 Å². The third-order valence-corrected chi connectivity index (χ3v) is 4.87. The van der Waals surface area contributed by atoms with E-state index >= 15 is 0 Å². The number of fused-ring (bicyclic) bond motifs is 1. The maximum absolute atomic E-state index is 13.4. The van der Waals surface area contributed by atoms with E-state index in [1.807, 2.05) is 0 Å². The molecule has 2 N–H and O–H groups in total. The summed E-state index contributed by atoms with van der Waals surface area (Å²) in [6.07, 6.45) is 1.90. The summed E-state index contributed by atoms with van der Waals surface area (Å²) in [4.78, 5) is 17.3. The first-order valence-corrected chi connectivity index (χ1v) is 9.47. The molecule has 0 spiro atoms. The van der Waals surface area contributed by atoms with Gasteiger partial charge in [0.1, 0.15) is 22.7 Å². The average molecular weight is 396 g/mol. The first-order valence-electron chi connectivity index (χ1n) is 9.47. The summed E-state index contributed by atoms with van der Waals surface area (Å²) in [5.74, 6) is -0.658. The number of rotatable bonds is 4. The first kappa shape index (κ1) is 19.1. The molecule has 1 saturated heterocycles. The molecule has 1 fully saturated rings. The number of ether oxygens (including phenoxy) is 1. The molecule has 2 aromatic carbocycles. The predicted octanol–water partition coefficient (Wildman–Crippen LogP) is 3.73. The maximum atomic E-state index is 13.4. The van der Waals surface area contributed by atoms with Crippen molar-refractivity contribution in [1.29, 1.82) is 0 Å². The van der Waals surface area contributed by atoms with Gasteiger partial charge in [0.05, 0.1) is 11.8 Å². The first-order chi connectivity index (χ1) is 14.0. The highest BCUT2D eigenvalue weighted by Gasteiger charge is 2.19. The van der Waals surface area contributed by atoms with Crippen LogP contribution in [0.1, 0.15) is 28.8 Å². The normalized spacial score (nSPS) is 17.0. The van der Waals surface area contributed by atoms with Crippen molar-refractivity contribution in [3.05, 3.63) is 65.0 Å². The van der Waals surface area contributed by atoms with Crippen molar-refractivity contribution in [3.8, 4) is 5.75 Å². The Kier molecular flexibility index (Phi) is 5.31.